The van der Waals surface area contributed by atoms with Crippen molar-refractivity contribution in [3.63, 3.8) is 0 Å². The second-order valence-corrected chi connectivity index (χ2v) is 10.8. The van der Waals surface area contributed by atoms with Crippen molar-refractivity contribution in [2.45, 2.75) is 82.1 Å². The van der Waals surface area contributed by atoms with Crippen molar-refractivity contribution in [3.05, 3.63) is 35.9 Å². The number of fused-ring (bicyclic) bond motifs is 2. The summed E-state index contributed by atoms with van der Waals surface area (Å²) in [4.78, 5) is 15.0. The first-order valence-electron chi connectivity index (χ1n) is 12.1. The van der Waals surface area contributed by atoms with Crippen molar-refractivity contribution in [2.24, 2.45) is 11.3 Å². The van der Waals surface area contributed by atoms with Crippen LogP contribution in [0, 0.1) is 11.3 Å². The van der Waals surface area contributed by atoms with Gasteiger partial charge in [-0.25, -0.2) is 0 Å². The van der Waals surface area contributed by atoms with E-state index in [2.05, 4.69) is 35.6 Å². The fourth-order valence-corrected chi connectivity index (χ4v) is 7.46. The number of hydrogen-bond donors (Lipinski definition) is 1. The van der Waals surface area contributed by atoms with E-state index in [4.69, 9.17) is 11.6 Å². The van der Waals surface area contributed by atoms with E-state index in [0.29, 0.717) is 35.1 Å². The summed E-state index contributed by atoms with van der Waals surface area (Å²) >= 11 is 6.30. The topological polar surface area (TPSA) is 32.3 Å². The molecule has 2 bridgehead atoms. The molecule has 1 unspecified atom stereocenters. The van der Waals surface area contributed by atoms with Gasteiger partial charge in [-0.3, -0.25) is 4.79 Å². The molecule has 1 heterocycles. The van der Waals surface area contributed by atoms with Crippen molar-refractivity contribution >= 4 is 17.5 Å². The van der Waals surface area contributed by atoms with Crippen LogP contribution in [0.25, 0.3) is 0 Å². The predicted octanol–water partition coefficient (Wildman–Crippen LogP) is 5.51. The van der Waals surface area contributed by atoms with Gasteiger partial charge in [-0.05, 0) is 93.2 Å². The van der Waals surface area contributed by atoms with Gasteiger partial charge in [0.15, 0.2) is 0 Å². The van der Waals surface area contributed by atoms with Gasteiger partial charge < -0.3 is 10.2 Å². The summed E-state index contributed by atoms with van der Waals surface area (Å²) in [6, 6.07) is 11.6. The number of piperidine rings is 1. The third-order valence-electron chi connectivity index (χ3n) is 8.50. The first-order chi connectivity index (χ1) is 14.6. The lowest BCUT2D eigenvalue weighted by Crippen LogP contribution is -2.47. The molecule has 2 aliphatic carbocycles. The summed E-state index contributed by atoms with van der Waals surface area (Å²) in [5, 5.41) is 3.40. The van der Waals surface area contributed by atoms with Gasteiger partial charge in [0.05, 0.1) is 0 Å². The lowest BCUT2D eigenvalue weighted by molar-refractivity contribution is -0.133. The standard InChI is InChI=1S/C26H39ClN2O/c1-29(23-10-16-28-17-11-23)24(30)9-8-21-18-25(14-15-27)12-5-13-26(19-21,20-25)22-6-3-2-4-7-22/h2-4,6-7,21,23,28H,5,8-20H2,1H3/t21?,25-,26+/m0/s1. The van der Waals surface area contributed by atoms with Crippen LogP contribution in [0.15, 0.2) is 30.3 Å². The molecule has 4 rings (SSSR count). The van der Waals surface area contributed by atoms with Crippen molar-refractivity contribution in [1.29, 1.82) is 0 Å². The van der Waals surface area contributed by atoms with Gasteiger partial charge in [-0.15, -0.1) is 11.6 Å². The van der Waals surface area contributed by atoms with E-state index in [1.807, 2.05) is 11.9 Å². The Labute approximate surface area is 187 Å². The van der Waals surface area contributed by atoms with Crippen LogP contribution in [0.2, 0.25) is 0 Å². The van der Waals surface area contributed by atoms with Gasteiger partial charge in [0.2, 0.25) is 5.91 Å². The molecule has 1 aromatic carbocycles. The molecule has 0 aromatic heterocycles. The largest absolute Gasteiger partial charge is 0.343 e. The highest BCUT2D eigenvalue weighted by atomic mass is 35.5. The zero-order valence-electron chi connectivity index (χ0n) is 18.7. The van der Waals surface area contributed by atoms with Gasteiger partial charge in [0.1, 0.15) is 0 Å². The van der Waals surface area contributed by atoms with Crippen molar-refractivity contribution in [2.75, 3.05) is 26.0 Å². The Morgan fingerprint density at radius 1 is 1.17 bits per heavy atom. The van der Waals surface area contributed by atoms with E-state index in [1.54, 1.807) is 0 Å². The van der Waals surface area contributed by atoms with E-state index in [0.717, 1.165) is 44.7 Å². The number of nitrogens with one attached hydrogen (secondary N) is 1. The summed E-state index contributed by atoms with van der Waals surface area (Å²) < 4.78 is 0. The Morgan fingerprint density at radius 3 is 2.67 bits per heavy atom. The maximum absolute atomic E-state index is 13.0. The summed E-state index contributed by atoms with van der Waals surface area (Å²) in [5.74, 6) is 1.74. The highest BCUT2D eigenvalue weighted by Gasteiger charge is 2.51. The molecule has 1 aromatic rings. The van der Waals surface area contributed by atoms with Gasteiger partial charge in [0.25, 0.3) is 0 Å². The van der Waals surface area contributed by atoms with E-state index in [-0.39, 0.29) is 0 Å². The lowest BCUT2D eigenvalue weighted by Gasteiger charge is -2.55. The van der Waals surface area contributed by atoms with Gasteiger partial charge in [-0.1, -0.05) is 36.8 Å². The molecule has 1 saturated heterocycles. The van der Waals surface area contributed by atoms with Crippen molar-refractivity contribution < 1.29 is 4.79 Å². The zero-order chi connectivity index (χ0) is 21.0. The number of amides is 1. The third-order valence-corrected chi connectivity index (χ3v) is 8.69. The molecule has 3 atom stereocenters. The molecule has 0 spiro atoms. The molecule has 3 nitrogen and oxygen atoms in total. The van der Waals surface area contributed by atoms with E-state index in [1.165, 1.54) is 44.1 Å². The second-order valence-electron chi connectivity index (χ2n) is 10.4. The third kappa shape index (κ3) is 4.72. The Balaban J connectivity index is 1.45. The number of carbonyl (C=O) groups is 1. The van der Waals surface area contributed by atoms with Gasteiger partial charge >= 0.3 is 0 Å². The first kappa shape index (κ1) is 22.1. The number of rotatable bonds is 7. The molecule has 2 saturated carbocycles. The summed E-state index contributed by atoms with van der Waals surface area (Å²) in [7, 11) is 2.02. The highest BCUT2D eigenvalue weighted by molar-refractivity contribution is 6.17. The molecule has 4 heteroatoms. The normalized spacial score (nSPS) is 32.0. The molecule has 1 aliphatic heterocycles. The van der Waals surface area contributed by atoms with Gasteiger partial charge in [0, 0.05) is 25.4 Å². The Kier molecular flexibility index (Phi) is 7.09. The van der Waals surface area contributed by atoms with Crippen LogP contribution in [0.1, 0.15) is 76.2 Å². The number of nitrogens with zero attached hydrogens (tertiary/aromatic N) is 1. The van der Waals surface area contributed by atoms with Crippen LogP contribution >= 0.6 is 11.6 Å². The van der Waals surface area contributed by atoms with Crippen LogP contribution in [0.3, 0.4) is 0 Å². The molecule has 166 valence electrons. The van der Waals surface area contributed by atoms with Crippen LogP contribution in [-0.4, -0.2) is 42.9 Å². The maximum atomic E-state index is 13.0. The Hall–Kier alpha value is -1.06. The van der Waals surface area contributed by atoms with Crippen LogP contribution in [-0.2, 0) is 10.2 Å². The minimum absolute atomic E-state index is 0.290. The number of benzene rings is 1. The number of carbonyl (C=O) groups excluding carboxylic acids is 1. The molecule has 0 radical (unpaired) electrons. The van der Waals surface area contributed by atoms with Crippen molar-refractivity contribution in [3.8, 4) is 0 Å². The molecular weight excluding hydrogens is 392 g/mol. The number of halogens is 1. The van der Waals surface area contributed by atoms with Gasteiger partial charge in [-0.2, -0.15) is 0 Å². The molecule has 3 aliphatic rings. The van der Waals surface area contributed by atoms with Crippen LogP contribution in [0.5, 0.6) is 0 Å². The first-order valence-corrected chi connectivity index (χ1v) is 12.7. The Morgan fingerprint density at radius 2 is 1.93 bits per heavy atom. The van der Waals surface area contributed by atoms with Crippen LogP contribution in [0.4, 0.5) is 0 Å². The minimum Gasteiger partial charge on any atom is -0.343 e. The minimum atomic E-state index is 0.290. The average Bonchev–Trinajstić information content (AvgIpc) is 2.78. The number of hydrogen-bond acceptors (Lipinski definition) is 2. The summed E-state index contributed by atoms with van der Waals surface area (Å²) in [6.07, 6.45) is 12.7. The van der Waals surface area contributed by atoms with E-state index >= 15 is 0 Å². The van der Waals surface area contributed by atoms with Crippen molar-refractivity contribution in [1.82, 2.24) is 10.2 Å². The summed E-state index contributed by atoms with van der Waals surface area (Å²) in [6.45, 7) is 2.07. The Bertz CT molecular complexity index is 700. The smallest absolute Gasteiger partial charge is 0.222 e. The molecule has 30 heavy (non-hydrogen) atoms. The summed E-state index contributed by atoms with van der Waals surface area (Å²) in [5.41, 5.74) is 2.19. The fraction of sp³-hybridized carbons (Fsp3) is 0.731. The maximum Gasteiger partial charge on any atom is 0.222 e. The fourth-order valence-electron chi connectivity index (χ4n) is 7.06. The van der Waals surface area contributed by atoms with E-state index < -0.39 is 0 Å². The van der Waals surface area contributed by atoms with E-state index in [9.17, 15) is 4.79 Å². The monoisotopic (exact) mass is 430 g/mol. The second kappa shape index (κ2) is 9.61. The highest BCUT2D eigenvalue weighted by Crippen LogP contribution is 2.60. The van der Waals surface area contributed by atoms with Crippen LogP contribution < -0.4 is 5.32 Å². The lowest BCUT2D eigenvalue weighted by atomic mass is 9.49. The average molecular weight is 431 g/mol. The zero-order valence-corrected chi connectivity index (χ0v) is 19.4. The SMILES string of the molecule is CN(C(=O)CCC1C[C@@]2(CCCl)CCC[C@@](c3ccccc3)(C1)C2)C1CCNCC1. The predicted molar refractivity (Wildman–Crippen MR) is 125 cm³/mol. The molecule has 1 N–H and O–H groups in total. The molecule has 3 fully saturated rings. The molecular formula is C26H39ClN2O. The number of alkyl halides is 1. The quantitative estimate of drug-likeness (QED) is 0.578. The molecule has 1 amide bonds.